The van der Waals surface area contributed by atoms with E-state index < -0.39 is 24.3 Å². The second kappa shape index (κ2) is 57.7. The maximum atomic E-state index is 10.8. The fourth-order valence-corrected chi connectivity index (χ4v) is 16.8. The number of carboxylic acids is 1. The predicted octanol–water partition coefficient (Wildman–Crippen LogP) is 19.0. The number of aliphatic hydroxyl groups excluding tert-OH is 6. The Morgan fingerprint density at radius 2 is 0.835 bits per heavy atom. The molecule has 710 valence electrons. The molecular formula is C112H141N5O16. The quantitative estimate of drug-likeness (QED) is 0.0129. The van der Waals surface area contributed by atoms with E-state index in [1.807, 2.05) is 127 Å². The Morgan fingerprint density at radius 1 is 0.459 bits per heavy atom. The van der Waals surface area contributed by atoms with Crippen LogP contribution in [0.25, 0.3) is 6.08 Å². The highest BCUT2D eigenvalue weighted by Crippen LogP contribution is 2.44. The lowest BCUT2D eigenvalue weighted by atomic mass is 9.84. The molecule has 6 unspecified atom stereocenters. The number of hydrogen-bond acceptors (Lipinski definition) is 20. The number of ether oxygens (including phenoxy) is 3. The number of fused-ring (bicyclic) bond motifs is 2. The molecule has 0 aromatic heterocycles. The van der Waals surface area contributed by atoms with Crippen molar-refractivity contribution in [1.29, 1.82) is 0 Å². The van der Waals surface area contributed by atoms with Gasteiger partial charge in [-0.1, -0.05) is 231 Å². The zero-order valence-electron chi connectivity index (χ0n) is 79.0. The second-order valence-corrected chi connectivity index (χ2v) is 34.7. The highest BCUT2D eigenvalue weighted by atomic mass is 16.6. The molecule has 0 aliphatic carbocycles. The molecule has 0 saturated carbocycles. The van der Waals surface area contributed by atoms with Crippen LogP contribution in [0.1, 0.15) is 220 Å². The fraction of sp³-hybridized carbons (Fsp3) is 0.366. The van der Waals surface area contributed by atoms with Gasteiger partial charge in [0.15, 0.2) is 12.5 Å². The highest BCUT2D eigenvalue weighted by Gasteiger charge is 2.35. The van der Waals surface area contributed by atoms with E-state index in [0.29, 0.717) is 59.3 Å². The Morgan fingerprint density at radius 3 is 1.21 bits per heavy atom. The van der Waals surface area contributed by atoms with E-state index in [4.69, 9.17) is 24.8 Å². The van der Waals surface area contributed by atoms with Crippen LogP contribution in [-0.4, -0.2) is 185 Å². The smallest absolute Gasteiger partial charge is 0.349 e. The lowest BCUT2D eigenvalue weighted by molar-refractivity contribution is -0.163. The third kappa shape index (κ3) is 35.3. The van der Waals surface area contributed by atoms with Crippen LogP contribution >= 0.6 is 0 Å². The number of carbonyl (C=O) groups excluding carboxylic acids is 2. The van der Waals surface area contributed by atoms with Gasteiger partial charge < -0.3 is 75.5 Å². The van der Waals surface area contributed by atoms with E-state index in [-0.39, 0.29) is 62.8 Å². The van der Waals surface area contributed by atoms with Gasteiger partial charge in [-0.05, 0) is 237 Å². The third-order valence-electron chi connectivity index (χ3n) is 23.8. The molecule has 2 saturated heterocycles. The first-order valence-electron chi connectivity index (χ1n) is 46.5. The summed E-state index contributed by atoms with van der Waals surface area (Å²) < 4.78 is 16.5. The van der Waals surface area contributed by atoms with E-state index in [2.05, 4.69) is 165 Å². The minimum Gasteiger partial charge on any atom is -0.508 e. The molecule has 4 aliphatic heterocycles. The van der Waals surface area contributed by atoms with Crippen molar-refractivity contribution >= 4 is 24.3 Å². The van der Waals surface area contributed by atoms with E-state index in [1.165, 1.54) is 67.6 Å². The van der Waals surface area contributed by atoms with E-state index in [1.54, 1.807) is 84.9 Å². The molecular weight excluding hydrogens is 1670 g/mol. The number of likely N-dealkylation sites (N-methyl/N-ethyl adjacent to an activating group) is 1. The number of aliphatic hydroxyl groups is 6. The summed E-state index contributed by atoms with van der Waals surface area (Å²) in [5.74, 6) is 1.32. The van der Waals surface area contributed by atoms with Crippen LogP contribution in [0.15, 0.2) is 285 Å². The number of aldehydes is 1. The SMILES string of the molecule is C1CCNCC1.CC(=O)OC(C(=O)O)c1ccccc1.CC(C)N(CCC(c1ccccc1)c1cc(CO)ccc1O)C(C)C.CC(C)N(CC[C@H](c1ccccc1)c1cc(CO)ccc1O)C(C)C.CN1CCN(C2CC(c3ccccc3)c3cc(CO)ccc3O2)CC1.O=C/C=C/c1ccccc1.OCc1ccc(O)cc1.OCc1ccc2c(c1)C(c1ccccc1)CC(O)O2. The number of carbonyl (C=O) groups is 3. The number of nitrogens with one attached hydrogen (secondary N) is 1. The number of rotatable bonds is 27. The summed E-state index contributed by atoms with van der Waals surface area (Å²) in [4.78, 5) is 41.1. The molecule has 11 aromatic carbocycles. The summed E-state index contributed by atoms with van der Waals surface area (Å²) >= 11 is 0. The van der Waals surface area contributed by atoms with E-state index in [9.17, 15) is 50.1 Å². The first-order chi connectivity index (χ1) is 64.3. The summed E-state index contributed by atoms with van der Waals surface area (Å²) in [6.07, 6.45) is 9.69. The molecule has 7 atom stereocenters. The van der Waals surface area contributed by atoms with Gasteiger partial charge in [-0.15, -0.1) is 0 Å². The van der Waals surface area contributed by atoms with Crippen molar-refractivity contribution in [2.45, 2.75) is 207 Å². The Bertz CT molecular complexity index is 5020. The molecule has 133 heavy (non-hydrogen) atoms. The Kier molecular flexibility index (Phi) is 46.3. The van der Waals surface area contributed by atoms with Crippen molar-refractivity contribution in [3.8, 4) is 28.7 Å². The molecule has 4 aliphatic rings. The zero-order chi connectivity index (χ0) is 96.0. The summed E-state index contributed by atoms with van der Waals surface area (Å²) in [7, 11) is 2.18. The molecule has 0 bridgehead atoms. The van der Waals surface area contributed by atoms with Crippen LogP contribution in [0, 0.1) is 0 Å². The van der Waals surface area contributed by atoms with Crippen molar-refractivity contribution in [2.75, 3.05) is 59.4 Å². The van der Waals surface area contributed by atoms with E-state index in [0.717, 1.165) is 126 Å². The van der Waals surface area contributed by atoms with Crippen LogP contribution in [0.3, 0.4) is 0 Å². The molecule has 11 aromatic rings. The van der Waals surface area contributed by atoms with Gasteiger partial charge in [0, 0.05) is 122 Å². The number of phenolic OH excluding ortho intramolecular Hbond substituents is 3. The van der Waals surface area contributed by atoms with Crippen LogP contribution in [-0.2, 0) is 52.2 Å². The van der Waals surface area contributed by atoms with Gasteiger partial charge in [-0.3, -0.25) is 24.3 Å². The number of allylic oxidation sites excluding steroid dienone is 1. The number of nitrogens with zero attached hydrogens (tertiary/aromatic N) is 4. The molecule has 0 amide bonds. The molecule has 2 fully saturated rings. The van der Waals surface area contributed by atoms with Crippen molar-refractivity contribution in [1.82, 2.24) is 24.9 Å². The number of piperidine rings is 1. The van der Waals surface area contributed by atoms with Crippen molar-refractivity contribution < 1.29 is 79.7 Å². The van der Waals surface area contributed by atoms with Gasteiger partial charge in [0.05, 0.1) is 33.0 Å². The topological polar surface area (TPSA) is 306 Å². The van der Waals surface area contributed by atoms with Crippen LogP contribution in [0.5, 0.6) is 28.7 Å². The molecule has 11 N–H and O–H groups in total. The number of benzene rings is 11. The summed E-state index contributed by atoms with van der Waals surface area (Å²) in [5, 5.41) is 97.9. The minimum absolute atomic E-state index is 0.0113. The van der Waals surface area contributed by atoms with Gasteiger partial charge in [0.25, 0.3) is 0 Å². The highest BCUT2D eigenvalue weighted by molar-refractivity contribution is 5.78. The number of carboxylic acid groups (broad SMARTS) is 1. The van der Waals surface area contributed by atoms with Crippen LogP contribution in [0.2, 0.25) is 0 Å². The van der Waals surface area contributed by atoms with Gasteiger partial charge in [0.1, 0.15) is 35.0 Å². The van der Waals surface area contributed by atoms with Crippen molar-refractivity contribution in [3.05, 3.63) is 369 Å². The van der Waals surface area contributed by atoms with E-state index >= 15 is 0 Å². The monoisotopic (exact) mass is 1810 g/mol. The number of aliphatic carboxylic acids is 1. The van der Waals surface area contributed by atoms with Crippen molar-refractivity contribution in [3.63, 3.8) is 0 Å². The van der Waals surface area contributed by atoms with Gasteiger partial charge >= 0.3 is 11.9 Å². The predicted molar refractivity (Wildman–Crippen MR) is 529 cm³/mol. The summed E-state index contributed by atoms with van der Waals surface area (Å²) in [5.41, 5.74) is 14.7. The van der Waals surface area contributed by atoms with Gasteiger partial charge in [0.2, 0.25) is 6.10 Å². The maximum Gasteiger partial charge on any atom is 0.349 e. The summed E-state index contributed by atoms with van der Waals surface area (Å²) in [6.45, 7) is 27.7. The van der Waals surface area contributed by atoms with Gasteiger partial charge in [-0.25, -0.2) is 4.79 Å². The number of hydrogen-bond donors (Lipinski definition) is 11. The van der Waals surface area contributed by atoms with Crippen molar-refractivity contribution in [2.24, 2.45) is 0 Å². The largest absolute Gasteiger partial charge is 0.508 e. The van der Waals surface area contributed by atoms with Gasteiger partial charge in [-0.2, -0.15) is 0 Å². The molecule has 0 radical (unpaired) electrons. The second-order valence-electron chi connectivity index (χ2n) is 34.7. The molecule has 4 heterocycles. The lowest BCUT2D eigenvalue weighted by Crippen LogP contribution is -2.52. The first-order valence-corrected chi connectivity index (χ1v) is 46.5. The molecule has 15 rings (SSSR count). The zero-order valence-corrected chi connectivity index (χ0v) is 79.0. The third-order valence-corrected chi connectivity index (χ3v) is 23.8. The Labute approximate surface area is 787 Å². The number of aromatic hydroxyl groups is 3. The summed E-state index contributed by atoms with van der Waals surface area (Å²) in [6, 6.07) is 90.3. The standard InChI is InChI=1S/2C22H31NO2.C21H26N2O2.C16H16O3.C10H10O4.C9H8O.C7H8O2.C5H11N/c2*1-16(2)23(17(3)4)13-12-20(19-8-6-5-7-9-19)21-14-18(15-24)10-11-22(21)25;1-22-9-11-23(12-10-22)21-14-18(17-5-3-2-4-6-17)19-13-16(15-24)7-8-20(19)25-21;17-10-11-6-7-15-14(8-11)13(9-16(18)19-15)12-4-2-1-3-5-12;1-7(11)14-9(10(12)13)8-5-3-2-4-6-8;10-8-4-7-9-5-2-1-3-6-9;8-5-6-1-3-7(9)4-2-6;1-2-4-6-5-3-1/h2*5-11,14,16-17,20,24-25H,12-13,15H2,1-4H3;2-8,13,18,21,24H,9-12,14-15H2,1H3;1-8,13,16-18H,9-10H2;2-6,9H,1H3,(H,12,13);1-8H;1-4,8-9H,5H2;6H,1-5H2/b;;;;;7-4+;;/t20-;;;;;;;/m1......./s1. The van der Waals surface area contributed by atoms with Crippen LogP contribution < -0.4 is 14.8 Å². The average Bonchev–Trinajstić information content (AvgIpc) is 0.778. The Hall–Kier alpha value is -11.7. The maximum absolute atomic E-state index is 10.8. The minimum atomic E-state index is -1.21. The molecule has 0 spiro atoms. The number of esters is 1. The molecule has 21 nitrogen and oxygen atoms in total. The number of piperazine rings is 1. The number of phenols is 3. The normalized spacial score (nSPS) is 16.3. The fourth-order valence-electron chi connectivity index (χ4n) is 16.8. The molecule has 21 heteroatoms. The van der Waals surface area contributed by atoms with Crippen LogP contribution in [0.4, 0.5) is 0 Å². The first kappa shape index (κ1) is 107. The lowest BCUT2D eigenvalue weighted by Gasteiger charge is -2.42. The average molecular weight is 1810 g/mol. The Balaban J connectivity index is 0.000000193.